The fourth-order valence-corrected chi connectivity index (χ4v) is 6.45. The smallest absolute Gasteiger partial charge is 0.417 e. The molecular formula is C32H41F3N2O6. The van der Waals surface area contributed by atoms with Crippen LogP contribution in [0.2, 0.25) is 0 Å². The van der Waals surface area contributed by atoms with Crippen molar-refractivity contribution < 1.29 is 42.1 Å². The van der Waals surface area contributed by atoms with Gasteiger partial charge in [0.05, 0.1) is 31.4 Å². The van der Waals surface area contributed by atoms with Crippen molar-refractivity contribution >= 4 is 11.9 Å². The molecule has 0 saturated carbocycles. The van der Waals surface area contributed by atoms with Crippen molar-refractivity contribution in [3.05, 3.63) is 58.8 Å². The van der Waals surface area contributed by atoms with E-state index in [0.717, 1.165) is 30.0 Å². The maximum atomic E-state index is 14.3. The molecule has 5 atom stereocenters. The first kappa shape index (κ1) is 32.7. The van der Waals surface area contributed by atoms with Gasteiger partial charge in [0.15, 0.2) is 0 Å². The molecule has 2 aliphatic heterocycles. The maximum Gasteiger partial charge on any atom is 0.417 e. The monoisotopic (exact) mass is 606 g/mol. The average Bonchev–Trinajstić information content (AvgIpc) is 3.31. The minimum Gasteiger partial charge on any atom is -0.481 e. The van der Waals surface area contributed by atoms with E-state index in [9.17, 15) is 27.9 Å². The number of carboxylic acid groups (broad SMARTS) is 1. The van der Waals surface area contributed by atoms with Gasteiger partial charge in [0.25, 0.3) is 5.91 Å². The molecule has 236 valence electrons. The number of nitrogens with zero attached hydrogens (tertiary/aromatic N) is 2. The summed E-state index contributed by atoms with van der Waals surface area (Å²) in [5, 5.41) is 10.7. The normalized spacial score (nSPS) is 24.8. The Hall–Kier alpha value is -3.18. The quantitative estimate of drug-likeness (QED) is 0.372. The highest BCUT2D eigenvalue weighted by atomic mass is 19.4. The number of carbonyl (C=O) groups excluding carboxylic acids is 1. The number of hydrogen-bond donors (Lipinski definition) is 1. The molecule has 1 N–H and O–H groups in total. The van der Waals surface area contributed by atoms with E-state index >= 15 is 0 Å². The number of halogens is 3. The van der Waals surface area contributed by atoms with Gasteiger partial charge < -0.3 is 24.2 Å². The van der Waals surface area contributed by atoms with E-state index in [-0.39, 0.29) is 24.0 Å². The molecule has 2 aliphatic rings. The van der Waals surface area contributed by atoms with Crippen LogP contribution in [0.15, 0.2) is 36.5 Å². The number of amides is 1. The summed E-state index contributed by atoms with van der Waals surface area (Å²) in [6.45, 7) is 9.73. The molecule has 1 aromatic carbocycles. The van der Waals surface area contributed by atoms with Crippen molar-refractivity contribution in [1.82, 2.24) is 9.88 Å². The van der Waals surface area contributed by atoms with Gasteiger partial charge in [-0.2, -0.15) is 13.2 Å². The van der Waals surface area contributed by atoms with Crippen molar-refractivity contribution in [2.24, 2.45) is 11.3 Å². The lowest BCUT2D eigenvalue weighted by Gasteiger charge is -2.35. The first-order valence-electron chi connectivity index (χ1n) is 14.6. The van der Waals surface area contributed by atoms with Crippen LogP contribution in [0.3, 0.4) is 0 Å². The minimum atomic E-state index is -4.63. The Morgan fingerprint density at radius 3 is 2.42 bits per heavy atom. The summed E-state index contributed by atoms with van der Waals surface area (Å²) in [7, 11) is 1.30. The molecule has 8 nitrogen and oxygen atoms in total. The topological polar surface area (TPSA) is 98.2 Å². The third-order valence-corrected chi connectivity index (χ3v) is 8.38. The summed E-state index contributed by atoms with van der Waals surface area (Å²) in [6, 6.07) is 6.34. The number of hydrogen-bond acceptors (Lipinski definition) is 6. The summed E-state index contributed by atoms with van der Waals surface area (Å²) in [5.74, 6) is -2.33. The Bertz CT molecular complexity index is 1300. The molecule has 4 rings (SSSR count). The number of aromatic nitrogens is 1. The Morgan fingerprint density at radius 2 is 1.86 bits per heavy atom. The molecule has 2 aromatic rings. The van der Waals surface area contributed by atoms with E-state index in [1.54, 1.807) is 0 Å². The van der Waals surface area contributed by atoms with E-state index in [0.29, 0.717) is 19.2 Å². The van der Waals surface area contributed by atoms with Gasteiger partial charge in [0.2, 0.25) is 5.88 Å². The SMILES string of the molecule is COc1ncc(C(F)(F)F)cc1CO[C@H]1[C@H](C(C)(C)C)[C@@H](C(=O)O)N(C(=O)[C@@H]2CCCCO2)[C@H]1c1ccccc1C(C)C. The van der Waals surface area contributed by atoms with Crippen LogP contribution in [0.1, 0.15) is 88.1 Å². The lowest BCUT2D eigenvalue weighted by atomic mass is 9.73. The molecule has 3 heterocycles. The molecular weight excluding hydrogens is 565 g/mol. The lowest BCUT2D eigenvalue weighted by Crippen LogP contribution is -2.51. The summed E-state index contributed by atoms with van der Waals surface area (Å²) < 4.78 is 58.3. The molecule has 0 aliphatic carbocycles. The second-order valence-corrected chi connectivity index (χ2v) is 12.7. The molecule has 11 heteroatoms. The predicted molar refractivity (Wildman–Crippen MR) is 152 cm³/mol. The van der Waals surface area contributed by atoms with Gasteiger partial charge in [-0.25, -0.2) is 9.78 Å². The number of alkyl halides is 3. The van der Waals surface area contributed by atoms with Gasteiger partial charge in [-0.05, 0) is 47.8 Å². The molecule has 1 aromatic heterocycles. The molecule has 2 saturated heterocycles. The van der Waals surface area contributed by atoms with Crippen molar-refractivity contribution in [3.63, 3.8) is 0 Å². The van der Waals surface area contributed by atoms with Gasteiger partial charge in [-0.1, -0.05) is 58.9 Å². The fourth-order valence-electron chi connectivity index (χ4n) is 6.45. The maximum absolute atomic E-state index is 14.3. The Morgan fingerprint density at radius 1 is 1.16 bits per heavy atom. The van der Waals surface area contributed by atoms with Crippen LogP contribution >= 0.6 is 0 Å². The van der Waals surface area contributed by atoms with Crippen molar-refractivity contribution in [1.29, 1.82) is 0 Å². The van der Waals surface area contributed by atoms with Crippen LogP contribution in [-0.2, 0) is 31.8 Å². The number of carboxylic acids is 1. The predicted octanol–water partition coefficient (Wildman–Crippen LogP) is 6.39. The lowest BCUT2D eigenvalue weighted by molar-refractivity contribution is -0.159. The van der Waals surface area contributed by atoms with Crippen LogP contribution in [0.5, 0.6) is 5.88 Å². The first-order chi connectivity index (χ1) is 20.2. The molecule has 1 amide bonds. The van der Waals surface area contributed by atoms with E-state index in [4.69, 9.17) is 14.2 Å². The number of methoxy groups -OCH3 is 1. The highest BCUT2D eigenvalue weighted by Gasteiger charge is 2.60. The van der Waals surface area contributed by atoms with Gasteiger partial charge in [-0.15, -0.1) is 0 Å². The van der Waals surface area contributed by atoms with Crippen LogP contribution in [-0.4, -0.2) is 58.8 Å². The van der Waals surface area contributed by atoms with Gasteiger partial charge in [0.1, 0.15) is 12.1 Å². The second-order valence-electron chi connectivity index (χ2n) is 12.7. The van der Waals surface area contributed by atoms with E-state index < -0.39 is 59.2 Å². The Balaban J connectivity index is 1.89. The second kappa shape index (κ2) is 12.8. The third-order valence-electron chi connectivity index (χ3n) is 8.38. The van der Waals surface area contributed by atoms with Crippen molar-refractivity contribution in [2.45, 2.75) is 96.9 Å². The summed E-state index contributed by atoms with van der Waals surface area (Å²) in [5.41, 5.74) is 0.0756. The van der Waals surface area contributed by atoms with E-state index in [1.807, 2.05) is 58.9 Å². The van der Waals surface area contributed by atoms with E-state index in [1.165, 1.54) is 12.0 Å². The largest absolute Gasteiger partial charge is 0.481 e. The minimum absolute atomic E-state index is 0.0317. The van der Waals surface area contributed by atoms with Crippen molar-refractivity contribution in [2.75, 3.05) is 13.7 Å². The molecule has 0 bridgehead atoms. The molecule has 0 radical (unpaired) electrons. The highest BCUT2D eigenvalue weighted by Crippen LogP contribution is 2.51. The van der Waals surface area contributed by atoms with Gasteiger partial charge in [0, 0.05) is 24.3 Å². The number of benzene rings is 1. The third kappa shape index (κ3) is 6.82. The molecule has 2 fully saturated rings. The van der Waals surface area contributed by atoms with Gasteiger partial charge >= 0.3 is 12.1 Å². The molecule has 0 spiro atoms. The standard InChI is InChI=1S/C32H41F3N2O6/c1-18(2)21-11-7-8-12-22(21)25-27(43-17-19-15-20(32(33,34)35)16-36-28(19)41-6)24(31(3,4)5)26(30(39)40)37(25)29(38)23-13-9-10-14-42-23/h7-8,11-12,15-16,18,23-27H,9-10,13-14,17H2,1-6H3,(H,39,40)/t23-,24+,25-,26-,27-/m0/s1. The first-order valence-corrected chi connectivity index (χ1v) is 14.6. The number of carbonyl (C=O) groups is 2. The molecule has 43 heavy (non-hydrogen) atoms. The molecule has 0 unspecified atom stereocenters. The Kier molecular flexibility index (Phi) is 9.76. The highest BCUT2D eigenvalue weighted by molar-refractivity contribution is 5.88. The average molecular weight is 607 g/mol. The zero-order valence-corrected chi connectivity index (χ0v) is 25.5. The number of rotatable bonds is 8. The van der Waals surface area contributed by atoms with Crippen LogP contribution < -0.4 is 4.74 Å². The number of aliphatic carboxylic acids is 1. The van der Waals surface area contributed by atoms with Gasteiger partial charge in [-0.3, -0.25) is 4.79 Å². The summed E-state index contributed by atoms with van der Waals surface area (Å²) >= 11 is 0. The summed E-state index contributed by atoms with van der Waals surface area (Å²) in [4.78, 5) is 32.6. The number of likely N-dealkylation sites (tertiary alicyclic amines) is 1. The van der Waals surface area contributed by atoms with Crippen LogP contribution in [0.4, 0.5) is 13.2 Å². The summed E-state index contributed by atoms with van der Waals surface area (Å²) in [6.07, 6.45) is -3.56. The fraction of sp³-hybridized carbons (Fsp3) is 0.594. The zero-order chi connectivity index (χ0) is 31.7. The number of ether oxygens (including phenoxy) is 3. The Labute approximate surface area is 250 Å². The number of pyridine rings is 1. The van der Waals surface area contributed by atoms with Crippen LogP contribution in [0, 0.1) is 11.3 Å². The zero-order valence-electron chi connectivity index (χ0n) is 25.5. The van der Waals surface area contributed by atoms with Crippen molar-refractivity contribution in [3.8, 4) is 5.88 Å². The van der Waals surface area contributed by atoms with E-state index in [2.05, 4.69) is 4.98 Å². The van der Waals surface area contributed by atoms with Crippen LogP contribution in [0.25, 0.3) is 0 Å².